The molecule has 1 aromatic heterocycles. The molecule has 31 heavy (non-hydrogen) atoms. The highest BCUT2D eigenvalue weighted by Gasteiger charge is 2.45. The maximum absolute atomic E-state index is 13.6. The van der Waals surface area contributed by atoms with E-state index in [-0.39, 0.29) is 35.8 Å². The van der Waals surface area contributed by atoms with Gasteiger partial charge in [-0.1, -0.05) is 6.42 Å². The summed E-state index contributed by atoms with van der Waals surface area (Å²) in [7, 11) is 0. The Hall–Kier alpha value is -1.67. The number of hydrogen-bond acceptors (Lipinski definition) is 4. The Morgan fingerprint density at radius 2 is 2.00 bits per heavy atom. The lowest BCUT2D eigenvalue weighted by Crippen LogP contribution is -2.65. The second kappa shape index (κ2) is 9.86. The Morgan fingerprint density at radius 1 is 1.19 bits per heavy atom. The predicted molar refractivity (Wildman–Crippen MR) is 124 cm³/mol. The summed E-state index contributed by atoms with van der Waals surface area (Å²) in [6.45, 7) is 3.71. The fraction of sp³-hybridized carbons (Fsp3) is 0.545. The molecule has 9 heteroatoms. The Morgan fingerprint density at radius 3 is 2.84 bits per heavy atom. The van der Waals surface area contributed by atoms with Gasteiger partial charge in [0, 0.05) is 35.7 Å². The predicted octanol–water partition coefficient (Wildman–Crippen LogP) is 2.70. The first-order valence-corrected chi connectivity index (χ1v) is 10.7. The number of carbonyl (C=O) groups excluding carboxylic acids is 1. The molecule has 2 bridgehead atoms. The maximum Gasteiger partial charge on any atom is 0.256 e. The average Bonchev–Trinajstić information content (AvgIpc) is 2.74. The molecule has 4 atom stereocenters. The molecule has 170 valence electrons. The van der Waals surface area contributed by atoms with Gasteiger partial charge in [0.1, 0.15) is 11.4 Å². The van der Waals surface area contributed by atoms with Crippen LogP contribution in [0.4, 0.5) is 4.39 Å². The van der Waals surface area contributed by atoms with Gasteiger partial charge in [-0.25, -0.2) is 4.39 Å². The monoisotopic (exact) mass is 470 g/mol. The van der Waals surface area contributed by atoms with Gasteiger partial charge >= 0.3 is 0 Å². The zero-order valence-corrected chi connectivity index (χ0v) is 18.9. The smallest absolute Gasteiger partial charge is 0.256 e. The van der Waals surface area contributed by atoms with Crippen LogP contribution in [0.2, 0.25) is 0 Å². The third-order valence-corrected chi connectivity index (χ3v) is 7.08. The molecule has 2 aromatic rings. The molecule has 3 fully saturated rings. The maximum atomic E-state index is 13.6. The van der Waals surface area contributed by atoms with Crippen LogP contribution in [0.25, 0.3) is 10.9 Å². The lowest BCUT2D eigenvalue weighted by molar-refractivity contribution is -0.0371. The van der Waals surface area contributed by atoms with Crippen molar-refractivity contribution >= 4 is 41.6 Å². The minimum atomic E-state index is -0.488. The van der Waals surface area contributed by atoms with Crippen molar-refractivity contribution in [2.75, 3.05) is 26.2 Å². The summed E-state index contributed by atoms with van der Waals surface area (Å²) >= 11 is 0. The third-order valence-electron chi connectivity index (χ3n) is 7.08. The fourth-order valence-electron chi connectivity index (χ4n) is 5.70. The van der Waals surface area contributed by atoms with Gasteiger partial charge in [0.15, 0.2) is 0 Å². The SMILES string of the molecule is Cl.Cl.O=C(NC[C@H]1[C@@H]2CNC[C@@H](C2)[C@@H]2CCCCN21)c1c[nH]c2ccc(F)cc2c1=O. The van der Waals surface area contributed by atoms with E-state index in [4.69, 9.17) is 0 Å². The molecule has 0 radical (unpaired) electrons. The number of rotatable bonds is 3. The van der Waals surface area contributed by atoms with E-state index in [0.29, 0.717) is 36.0 Å². The molecule has 1 aromatic carbocycles. The highest BCUT2D eigenvalue weighted by Crippen LogP contribution is 2.38. The van der Waals surface area contributed by atoms with Crippen LogP contribution in [0, 0.1) is 17.7 Å². The second-order valence-electron chi connectivity index (χ2n) is 8.71. The summed E-state index contributed by atoms with van der Waals surface area (Å²) in [5.74, 6) is 0.349. The average molecular weight is 471 g/mol. The van der Waals surface area contributed by atoms with Crippen molar-refractivity contribution in [2.24, 2.45) is 11.8 Å². The molecule has 3 aliphatic heterocycles. The number of fused-ring (bicyclic) bond motifs is 5. The summed E-state index contributed by atoms with van der Waals surface area (Å²) in [4.78, 5) is 31.1. The number of halogens is 3. The zero-order chi connectivity index (χ0) is 20.0. The first-order chi connectivity index (χ1) is 14.1. The lowest BCUT2D eigenvalue weighted by atomic mass is 9.73. The van der Waals surface area contributed by atoms with Crippen molar-refractivity contribution in [3.8, 4) is 0 Å². The second-order valence-corrected chi connectivity index (χ2v) is 8.71. The number of amides is 1. The number of piperidine rings is 3. The van der Waals surface area contributed by atoms with Gasteiger partial charge in [0.25, 0.3) is 5.91 Å². The fourth-order valence-corrected chi connectivity index (χ4v) is 5.70. The molecular formula is C22H29Cl2FN4O2. The Bertz CT molecular complexity index is 1000. The van der Waals surface area contributed by atoms with Crippen molar-refractivity contribution in [2.45, 2.75) is 37.8 Å². The van der Waals surface area contributed by atoms with Gasteiger partial charge in [-0.05, 0) is 68.9 Å². The third kappa shape index (κ3) is 4.46. The van der Waals surface area contributed by atoms with Gasteiger partial charge in [-0.3, -0.25) is 14.5 Å². The molecule has 3 aliphatic rings. The number of aromatic amines is 1. The number of benzene rings is 1. The molecule has 0 saturated carbocycles. The van der Waals surface area contributed by atoms with Crippen molar-refractivity contribution in [3.63, 3.8) is 0 Å². The van der Waals surface area contributed by atoms with Gasteiger partial charge in [-0.15, -0.1) is 24.8 Å². The van der Waals surface area contributed by atoms with Crippen LogP contribution in [0.3, 0.4) is 0 Å². The topological polar surface area (TPSA) is 77.2 Å². The minimum Gasteiger partial charge on any atom is -0.360 e. The van der Waals surface area contributed by atoms with Crippen molar-refractivity contribution in [1.29, 1.82) is 0 Å². The Kier molecular flexibility index (Phi) is 7.63. The summed E-state index contributed by atoms with van der Waals surface area (Å²) in [5.41, 5.74) is 0.124. The van der Waals surface area contributed by atoms with E-state index in [9.17, 15) is 14.0 Å². The standard InChI is InChI=1S/C22H27FN4O2.2ClH/c23-15-4-5-18-16(8-15)21(28)17(11-25-18)22(29)26-12-20-14-7-13(9-24-10-14)19-3-1-2-6-27(19)20;;/h4-5,8,11,13-14,19-20,24H,1-3,6-7,9-10,12H2,(H,25,28)(H,26,29);2*1H/t13-,14+,19+,20+;;/m1../s1. The van der Waals surface area contributed by atoms with Crippen LogP contribution in [0.1, 0.15) is 36.0 Å². The van der Waals surface area contributed by atoms with Crippen molar-refractivity contribution < 1.29 is 9.18 Å². The van der Waals surface area contributed by atoms with E-state index >= 15 is 0 Å². The van der Waals surface area contributed by atoms with E-state index in [2.05, 4.69) is 20.5 Å². The molecule has 3 saturated heterocycles. The molecule has 3 N–H and O–H groups in total. The highest BCUT2D eigenvalue weighted by atomic mass is 35.5. The van der Waals surface area contributed by atoms with Crippen LogP contribution in [0.15, 0.2) is 29.2 Å². The van der Waals surface area contributed by atoms with E-state index in [1.165, 1.54) is 50.1 Å². The van der Waals surface area contributed by atoms with Crippen LogP contribution in [-0.2, 0) is 0 Å². The number of carbonyl (C=O) groups is 1. The normalized spacial score (nSPS) is 27.5. The lowest BCUT2D eigenvalue weighted by Gasteiger charge is -2.55. The molecule has 0 spiro atoms. The first-order valence-electron chi connectivity index (χ1n) is 10.7. The van der Waals surface area contributed by atoms with Gasteiger partial charge < -0.3 is 15.6 Å². The van der Waals surface area contributed by atoms with E-state index in [0.717, 1.165) is 19.6 Å². The van der Waals surface area contributed by atoms with Crippen LogP contribution < -0.4 is 16.1 Å². The molecule has 0 unspecified atom stereocenters. The first kappa shape index (κ1) is 24.0. The van der Waals surface area contributed by atoms with Gasteiger partial charge in [0.05, 0.1) is 0 Å². The molecule has 6 nitrogen and oxygen atoms in total. The van der Waals surface area contributed by atoms with Crippen LogP contribution in [0.5, 0.6) is 0 Å². The van der Waals surface area contributed by atoms with E-state index in [1.807, 2.05) is 0 Å². The largest absolute Gasteiger partial charge is 0.360 e. The molecule has 1 amide bonds. The van der Waals surface area contributed by atoms with Crippen molar-refractivity contribution in [1.82, 2.24) is 20.5 Å². The molecule has 5 rings (SSSR count). The number of nitrogens with zero attached hydrogens (tertiary/aromatic N) is 1. The quantitative estimate of drug-likeness (QED) is 0.644. The Labute approximate surface area is 193 Å². The van der Waals surface area contributed by atoms with Crippen molar-refractivity contribution in [3.05, 3.63) is 46.0 Å². The zero-order valence-electron chi connectivity index (χ0n) is 17.2. The van der Waals surface area contributed by atoms with E-state index < -0.39 is 17.2 Å². The number of pyridine rings is 1. The van der Waals surface area contributed by atoms with Gasteiger partial charge in [0.2, 0.25) is 5.43 Å². The number of nitrogens with one attached hydrogen (secondary N) is 3. The molecule has 0 aliphatic carbocycles. The highest BCUT2D eigenvalue weighted by molar-refractivity contribution is 5.97. The van der Waals surface area contributed by atoms with E-state index in [1.54, 1.807) is 0 Å². The number of H-pyrrole nitrogens is 1. The van der Waals surface area contributed by atoms with Crippen LogP contribution in [-0.4, -0.2) is 54.1 Å². The Balaban J connectivity index is 0.00000136. The summed E-state index contributed by atoms with van der Waals surface area (Å²) in [5, 5.41) is 6.78. The van der Waals surface area contributed by atoms with Gasteiger partial charge in [-0.2, -0.15) is 0 Å². The minimum absolute atomic E-state index is 0. The summed E-state index contributed by atoms with van der Waals surface area (Å²) in [6.07, 6.45) is 6.37. The molecular weight excluding hydrogens is 442 g/mol. The number of aromatic nitrogens is 1. The number of hydrogen-bond donors (Lipinski definition) is 3. The van der Waals surface area contributed by atoms with Crippen LogP contribution >= 0.6 is 24.8 Å². The summed E-state index contributed by atoms with van der Waals surface area (Å²) in [6, 6.07) is 4.88. The molecule has 4 heterocycles. The summed E-state index contributed by atoms with van der Waals surface area (Å²) < 4.78 is 13.6.